The molecule has 0 saturated heterocycles. The average molecular weight is 346 g/mol. The molecular weight excluding hydrogens is 320 g/mol. The standard InChI is InChI=1S/C20H26O5/c1-12-6-5-8-18(3)15(19(4,23)9-7-16(18)21)10-14-13(2)17(22)25-20(14,24)11-12/h7,9,11,15,23-24H,5-6,8,10H2,1-4H3/b12-11-/t15-,18-,19-,20-/m1/s1. The monoisotopic (exact) mass is 346 g/mol. The fourth-order valence-corrected chi connectivity index (χ4v) is 4.53. The lowest BCUT2D eigenvalue weighted by Crippen LogP contribution is -2.51. The third-order valence-corrected chi connectivity index (χ3v) is 6.17. The summed E-state index contributed by atoms with van der Waals surface area (Å²) in [4.78, 5) is 24.8. The van der Waals surface area contributed by atoms with Gasteiger partial charge in [-0.05, 0) is 64.7 Å². The molecule has 0 aromatic heterocycles. The van der Waals surface area contributed by atoms with E-state index < -0.39 is 28.7 Å². The molecule has 0 aromatic rings. The predicted molar refractivity (Wildman–Crippen MR) is 92.3 cm³/mol. The van der Waals surface area contributed by atoms with E-state index in [1.165, 1.54) is 12.2 Å². The summed E-state index contributed by atoms with van der Waals surface area (Å²) in [7, 11) is 0. The molecule has 2 N–H and O–H groups in total. The summed E-state index contributed by atoms with van der Waals surface area (Å²) >= 11 is 0. The fourth-order valence-electron chi connectivity index (χ4n) is 4.53. The van der Waals surface area contributed by atoms with Crippen LogP contribution in [0.5, 0.6) is 0 Å². The van der Waals surface area contributed by atoms with Gasteiger partial charge in [-0.1, -0.05) is 12.5 Å². The average Bonchev–Trinajstić information content (AvgIpc) is 2.70. The minimum atomic E-state index is -1.79. The Bertz CT molecular complexity index is 726. The van der Waals surface area contributed by atoms with E-state index >= 15 is 0 Å². The zero-order valence-corrected chi connectivity index (χ0v) is 15.3. The molecule has 5 heteroatoms. The zero-order valence-electron chi connectivity index (χ0n) is 15.3. The van der Waals surface area contributed by atoms with E-state index in [0.717, 1.165) is 12.0 Å². The summed E-state index contributed by atoms with van der Waals surface area (Å²) in [6, 6.07) is 0. The van der Waals surface area contributed by atoms with Crippen molar-refractivity contribution < 1.29 is 24.5 Å². The molecule has 0 amide bonds. The zero-order chi connectivity index (χ0) is 18.6. The van der Waals surface area contributed by atoms with E-state index in [1.807, 2.05) is 13.8 Å². The van der Waals surface area contributed by atoms with Crippen molar-refractivity contribution in [1.82, 2.24) is 0 Å². The molecule has 5 nitrogen and oxygen atoms in total. The third-order valence-electron chi connectivity index (χ3n) is 6.17. The topological polar surface area (TPSA) is 83.8 Å². The van der Waals surface area contributed by atoms with Gasteiger partial charge < -0.3 is 14.9 Å². The van der Waals surface area contributed by atoms with Crippen molar-refractivity contribution >= 4 is 11.8 Å². The highest BCUT2D eigenvalue weighted by Gasteiger charge is 2.54. The maximum Gasteiger partial charge on any atom is 0.336 e. The second-order valence-corrected chi connectivity index (χ2v) is 8.13. The predicted octanol–water partition coefficient (Wildman–Crippen LogP) is 2.58. The lowest BCUT2D eigenvalue weighted by Gasteiger charge is -2.47. The van der Waals surface area contributed by atoms with E-state index in [1.54, 1.807) is 19.9 Å². The Balaban J connectivity index is 2.17. The molecule has 0 unspecified atom stereocenters. The van der Waals surface area contributed by atoms with Crippen molar-refractivity contribution in [2.45, 2.75) is 64.8 Å². The summed E-state index contributed by atoms with van der Waals surface area (Å²) in [5.41, 5.74) is -0.253. The Morgan fingerprint density at radius 1 is 1.20 bits per heavy atom. The molecule has 1 aliphatic heterocycles. The second-order valence-electron chi connectivity index (χ2n) is 8.13. The Labute approximate surface area is 148 Å². The first-order valence-corrected chi connectivity index (χ1v) is 8.80. The molecule has 0 saturated carbocycles. The highest BCUT2D eigenvalue weighted by atomic mass is 16.7. The molecule has 4 atom stereocenters. The quantitative estimate of drug-likeness (QED) is 0.520. The number of fused-ring (bicyclic) bond motifs is 2. The van der Waals surface area contributed by atoms with Gasteiger partial charge in [0.15, 0.2) is 5.78 Å². The smallest absolute Gasteiger partial charge is 0.336 e. The molecule has 25 heavy (non-hydrogen) atoms. The number of carbonyl (C=O) groups excluding carboxylic acids is 2. The third kappa shape index (κ3) is 2.79. The molecule has 3 aliphatic rings. The molecule has 1 heterocycles. The molecule has 0 aromatic carbocycles. The number of esters is 1. The first-order valence-electron chi connectivity index (χ1n) is 8.80. The Morgan fingerprint density at radius 3 is 2.56 bits per heavy atom. The van der Waals surface area contributed by atoms with Crippen LogP contribution in [0, 0.1) is 11.3 Å². The van der Waals surface area contributed by atoms with E-state index in [0.29, 0.717) is 24.0 Å². The van der Waals surface area contributed by atoms with Crippen LogP contribution in [0.2, 0.25) is 0 Å². The van der Waals surface area contributed by atoms with Crippen LogP contribution < -0.4 is 0 Å². The van der Waals surface area contributed by atoms with Crippen LogP contribution in [-0.2, 0) is 14.3 Å². The van der Waals surface area contributed by atoms with Crippen molar-refractivity contribution in [2.24, 2.45) is 11.3 Å². The van der Waals surface area contributed by atoms with E-state index in [4.69, 9.17) is 4.74 Å². The number of rotatable bonds is 0. The SMILES string of the molecule is CC1=C2C[C@@H]3[C@@](C)(CCC/C(C)=C\[C@@]2(O)OC1=O)C(=O)C=C[C@@]3(C)O. The van der Waals surface area contributed by atoms with Crippen LogP contribution >= 0.6 is 0 Å². The summed E-state index contributed by atoms with van der Waals surface area (Å²) in [6.07, 6.45) is 6.89. The Kier molecular flexibility index (Phi) is 4.08. The van der Waals surface area contributed by atoms with Gasteiger partial charge in [-0.3, -0.25) is 4.79 Å². The second kappa shape index (κ2) is 5.64. The number of hydrogen-bond acceptors (Lipinski definition) is 5. The van der Waals surface area contributed by atoms with Crippen LogP contribution in [0.4, 0.5) is 0 Å². The minimum absolute atomic E-state index is 0.0155. The molecule has 0 spiro atoms. The van der Waals surface area contributed by atoms with Gasteiger partial charge in [-0.15, -0.1) is 0 Å². The maximum absolute atomic E-state index is 12.7. The summed E-state index contributed by atoms with van der Waals surface area (Å²) < 4.78 is 5.26. The van der Waals surface area contributed by atoms with Crippen molar-refractivity contribution in [3.8, 4) is 0 Å². The van der Waals surface area contributed by atoms with Gasteiger partial charge in [0.2, 0.25) is 0 Å². The lowest BCUT2D eigenvalue weighted by atomic mass is 9.58. The largest absolute Gasteiger partial charge is 0.422 e. The number of ketones is 1. The van der Waals surface area contributed by atoms with E-state index in [9.17, 15) is 19.8 Å². The van der Waals surface area contributed by atoms with Gasteiger partial charge >= 0.3 is 5.97 Å². The van der Waals surface area contributed by atoms with E-state index in [2.05, 4.69) is 0 Å². The highest BCUT2D eigenvalue weighted by molar-refractivity contribution is 5.96. The van der Waals surface area contributed by atoms with Crippen molar-refractivity contribution in [2.75, 3.05) is 0 Å². The minimum Gasteiger partial charge on any atom is -0.422 e. The van der Waals surface area contributed by atoms with Crippen molar-refractivity contribution in [3.63, 3.8) is 0 Å². The van der Waals surface area contributed by atoms with Crippen LogP contribution in [0.3, 0.4) is 0 Å². The maximum atomic E-state index is 12.7. The van der Waals surface area contributed by atoms with Gasteiger partial charge in [0.05, 0.1) is 5.60 Å². The van der Waals surface area contributed by atoms with Crippen LogP contribution in [0.25, 0.3) is 0 Å². The molecule has 3 rings (SSSR count). The lowest BCUT2D eigenvalue weighted by molar-refractivity contribution is -0.169. The van der Waals surface area contributed by atoms with Crippen LogP contribution in [0.1, 0.15) is 53.4 Å². The molecule has 136 valence electrons. The van der Waals surface area contributed by atoms with E-state index in [-0.39, 0.29) is 12.2 Å². The van der Waals surface area contributed by atoms with Crippen LogP contribution in [0.15, 0.2) is 34.9 Å². The molecule has 0 fully saturated rings. The van der Waals surface area contributed by atoms with Gasteiger partial charge in [0.1, 0.15) is 0 Å². The van der Waals surface area contributed by atoms with Crippen LogP contribution in [-0.4, -0.2) is 33.4 Å². The number of allylic oxidation sites excluding steroid dienone is 2. The van der Waals surface area contributed by atoms with Crippen molar-refractivity contribution in [3.05, 3.63) is 34.9 Å². The molecular formula is C20H26O5. The first-order chi connectivity index (χ1) is 11.5. The fraction of sp³-hybridized carbons (Fsp3) is 0.600. The number of ether oxygens (including phenoxy) is 1. The highest BCUT2D eigenvalue weighted by Crippen LogP contribution is 2.51. The Morgan fingerprint density at radius 2 is 1.88 bits per heavy atom. The summed E-state index contributed by atoms with van der Waals surface area (Å²) in [5, 5.41) is 21.9. The number of carbonyl (C=O) groups is 2. The number of hydrogen-bond donors (Lipinski definition) is 2. The van der Waals surface area contributed by atoms with Gasteiger partial charge in [0, 0.05) is 22.5 Å². The van der Waals surface area contributed by atoms with Gasteiger partial charge in [-0.2, -0.15) is 0 Å². The molecule has 0 bridgehead atoms. The molecule has 2 aliphatic carbocycles. The number of aliphatic hydroxyl groups is 2. The normalized spacial score (nSPS) is 43.9. The Hall–Kier alpha value is -1.72. The summed E-state index contributed by atoms with van der Waals surface area (Å²) in [5.74, 6) is -2.81. The first kappa shape index (κ1) is 18.1. The summed E-state index contributed by atoms with van der Waals surface area (Å²) in [6.45, 7) is 7.07. The van der Waals surface area contributed by atoms with Gasteiger partial charge in [0.25, 0.3) is 5.79 Å². The molecule has 0 radical (unpaired) electrons. The van der Waals surface area contributed by atoms with Crippen molar-refractivity contribution in [1.29, 1.82) is 0 Å². The van der Waals surface area contributed by atoms with Gasteiger partial charge in [-0.25, -0.2) is 4.79 Å².